The van der Waals surface area contributed by atoms with Crippen molar-refractivity contribution in [2.45, 2.75) is 86.5 Å². The molecule has 0 radical (unpaired) electrons. The van der Waals surface area contributed by atoms with Crippen molar-refractivity contribution in [1.29, 1.82) is 0 Å². The average molecular weight is 406 g/mol. The molecule has 162 valence electrons. The molecule has 0 aliphatic heterocycles. The Kier molecular flexibility index (Phi) is 8.30. The van der Waals surface area contributed by atoms with Gasteiger partial charge >= 0.3 is 18.3 Å². The van der Waals surface area contributed by atoms with Crippen LogP contribution < -0.4 is 0 Å². The Hall–Kier alpha value is -0.950. The van der Waals surface area contributed by atoms with Crippen LogP contribution in [0.15, 0.2) is 0 Å². The monoisotopic (exact) mass is 406 g/mol. The molecule has 0 aliphatic carbocycles. The van der Waals surface area contributed by atoms with Gasteiger partial charge in [0.05, 0.1) is 12.0 Å². The zero-order chi connectivity index (χ0) is 21.9. The smallest absolute Gasteiger partial charge is 0.400 e. The van der Waals surface area contributed by atoms with Crippen molar-refractivity contribution in [3.63, 3.8) is 0 Å². The van der Waals surface area contributed by atoms with Crippen LogP contribution >= 0.6 is 0 Å². The van der Waals surface area contributed by atoms with E-state index in [4.69, 9.17) is 4.74 Å². The first kappa shape index (κ1) is 26.1. The fourth-order valence-corrected chi connectivity index (χ4v) is 3.00. The van der Waals surface area contributed by atoms with Crippen molar-refractivity contribution in [2.24, 2.45) is 22.2 Å². The van der Waals surface area contributed by atoms with Crippen molar-refractivity contribution in [3.05, 3.63) is 0 Å². The summed E-state index contributed by atoms with van der Waals surface area (Å²) >= 11 is 0. The van der Waals surface area contributed by atoms with Crippen molar-refractivity contribution < 1.29 is 35.9 Å². The third kappa shape index (κ3) is 6.86. The number of carbonyl (C=O) groups excluding carboxylic acids is 1. The molecule has 0 spiro atoms. The van der Waals surface area contributed by atoms with Gasteiger partial charge in [0, 0.05) is 6.42 Å². The summed E-state index contributed by atoms with van der Waals surface area (Å²) < 4.78 is 80.7. The van der Waals surface area contributed by atoms with Crippen LogP contribution in [0.4, 0.5) is 26.3 Å². The summed E-state index contributed by atoms with van der Waals surface area (Å²) in [4.78, 5) is 12.8. The maximum absolute atomic E-state index is 12.8. The number of alkyl halides is 6. The van der Waals surface area contributed by atoms with Gasteiger partial charge in [-0.05, 0) is 30.6 Å². The van der Waals surface area contributed by atoms with Crippen LogP contribution in [0.25, 0.3) is 0 Å². The summed E-state index contributed by atoms with van der Waals surface area (Å²) in [6, 6.07) is 0. The van der Waals surface area contributed by atoms with E-state index in [0.29, 0.717) is 12.8 Å². The minimum absolute atomic E-state index is 0.235. The van der Waals surface area contributed by atoms with Crippen LogP contribution in [0.1, 0.15) is 74.1 Å². The second-order valence-corrected chi connectivity index (χ2v) is 8.82. The second kappa shape index (κ2) is 8.60. The van der Waals surface area contributed by atoms with Gasteiger partial charge in [-0.1, -0.05) is 48.0 Å². The van der Waals surface area contributed by atoms with E-state index >= 15 is 0 Å². The van der Waals surface area contributed by atoms with Crippen LogP contribution in [0.3, 0.4) is 0 Å². The molecule has 1 unspecified atom stereocenters. The number of hydrogen-bond acceptors (Lipinski definition) is 2. The molecule has 1 atom stereocenters. The van der Waals surface area contributed by atoms with E-state index in [1.807, 2.05) is 41.5 Å². The molecule has 0 aromatic carbocycles. The molecule has 0 aromatic heterocycles. The van der Waals surface area contributed by atoms with Gasteiger partial charge in [0.1, 0.15) is 0 Å². The quantitative estimate of drug-likeness (QED) is 0.307. The zero-order valence-electron chi connectivity index (χ0n) is 17.2. The third-order valence-corrected chi connectivity index (χ3v) is 6.05. The highest BCUT2D eigenvalue weighted by atomic mass is 19.4. The number of hydrogen-bond donors (Lipinski definition) is 0. The number of ether oxygens (including phenoxy) is 1. The molecule has 0 aliphatic rings. The van der Waals surface area contributed by atoms with Crippen molar-refractivity contribution >= 4 is 5.97 Å². The first-order valence-electron chi connectivity index (χ1n) is 9.14. The first-order chi connectivity index (χ1) is 11.8. The lowest BCUT2D eigenvalue weighted by molar-refractivity contribution is -0.287. The molecule has 0 heterocycles. The van der Waals surface area contributed by atoms with E-state index in [1.165, 1.54) is 0 Å². The summed E-state index contributed by atoms with van der Waals surface area (Å²) in [5.74, 6) is -4.26. The van der Waals surface area contributed by atoms with Crippen LogP contribution in [-0.2, 0) is 9.53 Å². The van der Waals surface area contributed by atoms with E-state index in [0.717, 1.165) is 6.42 Å². The van der Waals surface area contributed by atoms with Crippen LogP contribution in [-0.4, -0.2) is 24.9 Å². The normalized spacial score (nSPS) is 16.4. The summed E-state index contributed by atoms with van der Waals surface area (Å²) in [5, 5.41) is 0. The fourth-order valence-electron chi connectivity index (χ4n) is 3.00. The number of esters is 1. The minimum Gasteiger partial charge on any atom is -0.465 e. The number of carbonyl (C=O) groups is 1. The predicted molar refractivity (Wildman–Crippen MR) is 92.0 cm³/mol. The lowest BCUT2D eigenvalue weighted by Crippen LogP contribution is -2.46. The van der Waals surface area contributed by atoms with Gasteiger partial charge in [-0.15, -0.1) is 0 Å². The first-order valence-corrected chi connectivity index (χ1v) is 9.14. The van der Waals surface area contributed by atoms with Crippen molar-refractivity contribution in [3.8, 4) is 0 Å². The summed E-state index contributed by atoms with van der Waals surface area (Å²) in [6.07, 6.45) is -10.4. The Morgan fingerprint density at radius 1 is 0.852 bits per heavy atom. The molecule has 0 saturated carbocycles. The highest BCUT2D eigenvalue weighted by Crippen LogP contribution is 2.50. The van der Waals surface area contributed by atoms with Gasteiger partial charge in [0.25, 0.3) is 0 Å². The van der Waals surface area contributed by atoms with E-state index < -0.39 is 48.1 Å². The van der Waals surface area contributed by atoms with Crippen LogP contribution in [0, 0.1) is 22.2 Å². The Bertz CT molecular complexity index is 479. The van der Waals surface area contributed by atoms with Crippen molar-refractivity contribution in [1.82, 2.24) is 0 Å². The second-order valence-electron chi connectivity index (χ2n) is 8.82. The van der Waals surface area contributed by atoms with Gasteiger partial charge < -0.3 is 4.74 Å². The standard InChI is InChI=1S/C19H32F6O2/c1-8-15(3,4)12-17(7,16(5,6)9-2)14(26)27-11-10-13(18(20,21)22)19(23,24)25/h13H,8-12H2,1-7H3. The lowest BCUT2D eigenvalue weighted by atomic mass is 9.58. The molecule has 0 fully saturated rings. The summed E-state index contributed by atoms with van der Waals surface area (Å²) in [7, 11) is 0. The predicted octanol–water partition coefficient (Wildman–Crippen LogP) is 6.93. The molecule has 8 heteroatoms. The molecule has 27 heavy (non-hydrogen) atoms. The topological polar surface area (TPSA) is 26.3 Å². The van der Waals surface area contributed by atoms with Gasteiger partial charge in [-0.3, -0.25) is 4.79 Å². The number of rotatable bonds is 9. The molecule has 0 saturated heterocycles. The van der Waals surface area contributed by atoms with E-state index in [-0.39, 0.29) is 5.41 Å². The van der Waals surface area contributed by atoms with Gasteiger partial charge in [-0.25, -0.2) is 0 Å². The highest BCUT2D eigenvalue weighted by Gasteiger charge is 2.56. The Morgan fingerprint density at radius 2 is 1.30 bits per heavy atom. The summed E-state index contributed by atoms with van der Waals surface area (Å²) in [5.41, 5.74) is -1.81. The van der Waals surface area contributed by atoms with E-state index in [1.54, 1.807) is 6.92 Å². The van der Waals surface area contributed by atoms with E-state index in [2.05, 4.69) is 0 Å². The van der Waals surface area contributed by atoms with Crippen LogP contribution in [0.5, 0.6) is 0 Å². The molecule has 0 N–H and O–H groups in total. The molecule has 0 bridgehead atoms. The Balaban J connectivity index is 5.39. The third-order valence-electron chi connectivity index (χ3n) is 6.05. The van der Waals surface area contributed by atoms with Crippen LogP contribution in [0.2, 0.25) is 0 Å². The molecule has 0 aromatic rings. The maximum atomic E-state index is 12.8. The fraction of sp³-hybridized carbons (Fsp3) is 0.947. The van der Waals surface area contributed by atoms with Gasteiger partial charge in [0.15, 0.2) is 5.92 Å². The lowest BCUT2D eigenvalue weighted by Gasteiger charge is -2.45. The Labute approximate surface area is 158 Å². The number of halogens is 6. The van der Waals surface area contributed by atoms with Gasteiger partial charge in [-0.2, -0.15) is 26.3 Å². The summed E-state index contributed by atoms with van der Waals surface area (Å²) in [6.45, 7) is 12.2. The minimum atomic E-state index is -5.43. The Morgan fingerprint density at radius 3 is 1.63 bits per heavy atom. The molecular weight excluding hydrogens is 374 g/mol. The molecule has 0 amide bonds. The molecule has 0 rings (SSSR count). The zero-order valence-corrected chi connectivity index (χ0v) is 17.2. The SMILES string of the molecule is CCC(C)(C)CC(C)(C(=O)OCCC(C(F)(F)F)C(F)(F)F)C(C)(C)CC. The van der Waals surface area contributed by atoms with Gasteiger partial charge in [0.2, 0.25) is 0 Å². The van der Waals surface area contributed by atoms with Crippen molar-refractivity contribution in [2.75, 3.05) is 6.61 Å². The average Bonchev–Trinajstić information content (AvgIpc) is 2.47. The van der Waals surface area contributed by atoms with E-state index in [9.17, 15) is 31.1 Å². The maximum Gasteiger partial charge on any atom is 0.400 e. The molecule has 2 nitrogen and oxygen atoms in total. The highest BCUT2D eigenvalue weighted by molar-refractivity contribution is 5.77. The molecular formula is C19H32F6O2. The largest absolute Gasteiger partial charge is 0.465 e.